The normalized spacial score (nSPS) is 19.1. The fourth-order valence-corrected chi connectivity index (χ4v) is 5.27. The van der Waals surface area contributed by atoms with E-state index in [0.717, 1.165) is 44.4 Å². The van der Waals surface area contributed by atoms with Gasteiger partial charge in [0, 0.05) is 30.4 Å². The number of carbonyl (C=O) groups is 2. The smallest absolute Gasteiger partial charge is 0.274 e. The van der Waals surface area contributed by atoms with Gasteiger partial charge in [0.25, 0.3) is 5.91 Å². The standard InChI is InChI=1S/C29H33FN4O3/c1-20-27(32-28(31-20)22-10-12-23(30)13-11-22)29(36)33-15-5-17-37-25-8-4-6-21(18-25)9-14-24-7-2-3-16-34(24)26(35)19-33/h4,6,8,10-13,18,24H,2-3,5,7,9,14-17,19H2,1H3,(H,31,32). The van der Waals surface area contributed by atoms with Crippen molar-refractivity contribution in [1.82, 2.24) is 19.8 Å². The lowest BCUT2D eigenvalue weighted by Crippen LogP contribution is -2.49. The van der Waals surface area contributed by atoms with Gasteiger partial charge in [-0.15, -0.1) is 0 Å². The van der Waals surface area contributed by atoms with Crippen molar-refractivity contribution in [3.05, 3.63) is 71.3 Å². The highest BCUT2D eigenvalue weighted by Gasteiger charge is 2.30. The van der Waals surface area contributed by atoms with Crippen molar-refractivity contribution in [2.24, 2.45) is 0 Å². The van der Waals surface area contributed by atoms with Crippen molar-refractivity contribution < 1.29 is 18.7 Å². The number of amides is 2. The third-order valence-electron chi connectivity index (χ3n) is 7.27. The van der Waals surface area contributed by atoms with Crippen LogP contribution < -0.4 is 4.74 Å². The van der Waals surface area contributed by atoms with Crippen molar-refractivity contribution in [3.63, 3.8) is 0 Å². The van der Waals surface area contributed by atoms with E-state index >= 15 is 0 Å². The molecule has 194 valence electrons. The second-order valence-corrected chi connectivity index (χ2v) is 9.92. The molecule has 0 aliphatic carbocycles. The van der Waals surface area contributed by atoms with Crippen molar-refractivity contribution in [3.8, 4) is 17.1 Å². The SMILES string of the molecule is Cc1[nH]c(-c2ccc(F)cc2)nc1C(=O)N1CCCOc2cccc(c2)CCC2CCCCN2C(=O)C1. The summed E-state index contributed by atoms with van der Waals surface area (Å²) in [7, 11) is 0. The van der Waals surface area contributed by atoms with Crippen molar-refractivity contribution in [1.29, 1.82) is 0 Å². The summed E-state index contributed by atoms with van der Waals surface area (Å²) in [5.41, 5.74) is 2.79. The molecule has 1 fully saturated rings. The summed E-state index contributed by atoms with van der Waals surface area (Å²) in [6, 6.07) is 14.3. The average molecular weight is 505 g/mol. The van der Waals surface area contributed by atoms with Gasteiger partial charge in [0.05, 0.1) is 6.61 Å². The lowest BCUT2D eigenvalue weighted by molar-refractivity contribution is -0.135. The second kappa shape index (κ2) is 11.2. The molecule has 1 N–H and O–H groups in total. The number of halogens is 1. The van der Waals surface area contributed by atoms with E-state index in [1.165, 1.54) is 17.7 Å². The van der Waals surface area contributed by atoms with Crippen molar-refractivity contribution in [2.45, 2.75) is 51.5 Å². The Morgan fingerprint density at radius 2 is 1.92 bits per heavy atom. The van der Waals surface area contributed by atoms with Gasteiger partial charge >= 0.3 is 0 Å². The Morgan fingerprint density at radius 1 is 1.08 bits per heavy atom. The summed E-state index contributed by atoms with van der Waals surface area (Å²) in [4.78, 5) is 38.5. The number of benzene rings is 2. The minimum Gasteiger partial charge on any atom is -0.494 e. The Labute approximate surface area is 216 Å². The first-order valence-corrected chi connectivity index (χ1v) is 13.1. The number of ether oxygens (including phenoxy) is 1. The van der Waals surface area contributed by atoms with Crippen LogP contribution in [0.15, 0.2) is 48.5 Å². The Bertz CT molecular complexity index is 1260. The van der Waals surface area contributed by atoms with E-state index in [1.54, 1.807) is 24.0 Å². The Balaban J connectivity index is 1.39. The number of aromatic amines is 1. The highest BCUT2D eigenvalue weighted by molar-refractivity contribution is 5.96. The van der Waals surface area contributed by atoms with E-state index in [2.05, 4.69) is 22.1 Å². The summed E-state index contributed by atoms with van der Waals surface area (Å²) in [6.07, 6.45) is 5.43. The highest BCUT2D eigenvalue weighted by atomic mass is 19.1. The maximum atomic E-state index is 13.7. The predicted molar refractivity (Wildman–Crippen MR) is 139 cm³/mol. The number of H-pyrrole nitrogens is 1. The van der Waals surface area contributed by atoms with Crippen LogP contribution in [0.4, 0.5) is 4.39 Å². The van der Waals surface area contributed by atoms with Crippen LogP contribution in [0.5, 0.6) is 5.75 Å². The monoisotopic (exact) mass is 504 g/mol. The molecule has 1 saturated heterocycles. The van der Waals surface area contributed by atoms with E-state index in [9.17, 15) is 14.0 Å². The third kappa shape index (κ3) is 5.84. The van der Waals surface area contributed by atoms with E-state index in [0.29, 0.717) is 36.7 Å². The third-order valence-corrected chi connectivity index (χ3v) is 7.27. The number of nitrogens with one attached hydrogen (secondary N) is 1. The molecule has 0 spiro atoms. The molecule has 5 rings (SSSR count). The lowest BCUT2D eigenvalue weighted by Gasteiger charge is -2.37. The number of hydrogen-bond acceptors (Lipinski definition) is 4. The molecule has 2 aromatic carbocycles. The number of fused-ring (bicyclic) bond motifs is 3. The molecule has 2 aliphatic heterocycles. The van der Waals surface area contributed by atoms with Gasteiger partial charge in [0.2, 0.25) is 5.91 Å². The van der Waals surface area contributed by atoms with Gasteiger partial charge in [-0.25, -0.2) is 9.37 Å². The molecule has 2 amide bonds. The van der Waals surface area contributed by atoms with Crippen LogP contribution in [0.1, 0.15) is 53.8 Å². The Morgan fingerprint density at radius 3 is 2.76 bits per heavy atom. The van der Waals surface area contributed by atoms with E-state index < -0.39 is 0 Å². The summed E-state index contributed by atoms with van der Waals surface area (Å²) in [5.74, 6) is 0.678. The molecule has 1 unspecified atom stereocenters. The largest absolute Gasteiger partial charge is 0.494 e. The minimum atomic E-state index is -0.336. The predicted octanol–water partition coefficient (Wildman–Crippen LogP) is 4.76. The molecule has 0 radical (unpaired) electrons. The molecule has 1 atom stereocenters. The Kier molecular flexibility index (Phi) is 7.53. The van der Waals surface area contributed by atoms with Gasteiger partial charge in [0.15, 0.2) is 0 Å². The fourth-order valence-electron chi connectivity index (χ4n) is 5.27. The number of aromatic nitrogens is 2. The second-order valence-electron chi connectivity index (χ2n) is 9.92. The van der Waals surface area contributed by atoms with Gasteiger partial charge in [-0.05, 0) is 87.4 Å². The molecule has 3 heterocycles. The van der Waals surface area contributed by atoms with Crippen LogP contribution in [0.25, 0.3) is 11.4 Å². The van der Waals surface area contributed by atoms with Gasteiger partial charge in [-0.1, -0.05) is 12.1 Å². The van der Waals surface area contributed by atoms with Gasteiger partial charge < -0.3 is 19.5 Å². The molecule has 1 aromatic heterocycles. The number of hydrogen-bond donors (Lipinski definition) is 1. The molecule has 8 heteroatoms. The van der Waals surface area contributed by atoms with E-state index in [4.69, 9.17) is 4.74 Å². The first-order chi connectivity index (χ1) is 18.0. The molecule has 2 aliphatic rings. The van der Waals surface area contributed by atoms with Crippen LogP contribution in [-0.2, 0) is 11.2 Å². The summed E-state index contributed by atoms with van der Waals surface area (Å²) < 4.78 is 19.3. The van der Waals surface area contributed by atoms with Crippen LogP contribution in [0, 0.1) is 12.7 Å². The number of nitrogens with zero attached hydrogens (tertiary/aromatic N) is 3. The number of carbonyl (C=O) groups excluding carboxylic acids is 2. The number of imidazole rings is 1. The summed E-state index contributed by atoms with van der Waals surface area (Å²) >= 11 is 0. The molecule has 37 heavy (non-hydrogen) atoms. The van der Waals surface area contributed by atoms with Gasteiger partial charge in [0.1, 0.15) is 29.6 Å². The first kappa shape index (κ1) is 25.0. The highest BCUT2D eigenvalue weighted by Crippen LogP contribution is 2.25. The zero-order chi connectivity index (χ0) is 25.8. The summed E-state index contributed by atoms with van der Waals surface area (Å²) in [6.45, 7) is 3.34. The van der Waals surface area contributed by atoms with Gasteiger partial charge in [-0.2, -0.15) is 0 Å². The number of rotatable bonds is 2. The molecule has 3 aromatic rings. The average Bonchev–Trinajstić information content (AvgIpc) is 3.30. The first-order valence-electron chi connectivity index (χ1n) is 13.1. The van der Waals surface area contributed by atoms with Crippen LogP contribution in [0.2, 0.25) is 0 Å². The van der Waals surface area contributed by atoms with Crippen molar-refractivity contribution >= 4 is 11.8 Å². The van der Waals surface area contributed by atoms with Crippen LogP contribution >= 0.6 is 0 Å². The maximum absolute atomic E-state index is 13.7. The van der Waals surface area contributed by atoms with Crippen molar-refractivity contribution in [2.75, 3.05) is 26.2 Å². The topological polar surface area (TPSA) is 78.5 Å². The molecular formula is C29H33FN4O3. The molecule has 0 saturated carbocycles. The summed E-state index contributed by atoms with van der Waals surface area (Å²) in [5, 5.41) is 0. The Hall–Kier alpha value is -3.68. The molecular weight excluding hydrogens is 471 g/mol. The number of aryl methyl sites for hydroxylation is 2. The number of piperidine rings is 1. The van der Waals surface area contributed by atoms with E-state index in [1.807, 2.05) is 17.0 Å². The zero-order valence-corrected chi connectivity index (χ0v) is 21.2. The van der Waals surface area contributed by atoms with Gasteiger partial charge in [-0.3, -0.25) is 9.59 Å². The fraction of sp³-hybridized carbons (Fsp3) is 0.414. The molecule has 2 bridgehead atoms. The maximum Gasteiger partial charge on any atom is 0.274 e. The quantitative estimate of drug-likeness (QED) is 0.546. The lowest BCUT2D eigenvalue weighted by atomic mass is 9.95. The molecule has 7 nitrogen and oxygen atoms in total. The van der Waals surface area contributed by atoms with Crippen LogP contribution in [0.3, 0.4) is 0 Å². The minimum absolute atomic E-state index is 0.0127. The van der Waals surface area contributed by atoms with E-state index in [-0.39, 0.29) is 35.9 Å². The zero-order valence-electron chi connectivity index (χ0n) is 21.2. The van der Waals surface area contributed by atoms with Crippen LogP contribution in [-0.4, -0.2) is 63.9 Å².